The van der Waals surface area contributed by atoms with Gasteiger partial charge in [0.15, 0.2) is 0 Å². The van der Waals surface area contributed by atoms with E-state index in [-0.39, 0.29) is 17.3 Å². The van der Waals surface area contributed by atoms with Gasteiger partial charge in [-0.15, -0.1) is 0 Å². The normalized spacial score (nSPS) is 14.7. The molecule has 3 aromatic rings. The maximum absolute atomic E-state index is 13.1. The van der Waals surface area contributed by atoms with Gasteiger partial charge < -0.3 is 15.1 Å². The van der Waals surface area contributed by atoms with Gasteiger partial charge in [-0.05, 0) is 67.9 Å². The van der Waals surface area contributed by atoms with Crippen LogP contribution in [-0.4, -0.2) is 52.5 Å². The molecule has 35 heavy (non-hydrogen) atoms. The van der Waals surface area contributed by atoms with Gasteiger partial charge in [-0.1, -0.05) is 36.4 Å². The Morgan fingerprint density at radius 1 is 0.886 bits per heavy atom. The highest BCUT2D eigenvalue weighted by Crippen LogP contribution is 2.25. The quantitative estimate of drug-likeness (QED) is 0.525. The van der Waals surface area contributed by atoms with Gasteiger partial charge in [-0.25, -0.2) is 13.1 Å². The molecule has 7 nitrogen and oxygen atoms in total. The highest BCUT2D eigenvalue weighted by atomic mass is 32.2. The monoisotopic (exact) mass is 492 g/mol. The zero-order valence-corrected chi connectivity index (χ0v) is 21.2. The van der Waals surface area contributed by atoms with Crippen molar-refractivity contribution in [3.63, 3.8) is 0 Å². The van der Waals surface area contributed by atoms with E-state index in [1.54, 1.807) is 13.0 Å². The third kappa shape index (κ3) is 6.08. The highest BCUT2D eigenvalue weighted by molar-refractivity contribution is 7.89. The molecule has 2 N–H and O–H groups in total. The summed E-state index contributed by atoms with van der Waals surface area (Å²) >= 11 is 0. The fraction of sp³-hybridized carbons (Fsp3) is 0.296. The van der Waals surface area contributed by atoms with Crippen LogP contribution in [0.4, 0.5) is 11.4 Å². The van der Waals surface area contributed by atoms with Crippen molar-refractivity contribution in [1.29, 1.82) is 0 Å². The van der Waals surface area contributed by atoms with E-state index in [0.717, 1.165) is 37.3 Å². The Morgan fingerprint density at radius 3 is 2.29 bits per heavy atom. The van der Waals surface area contributed by atoms with Crippen LogP contribution in [0, 0.1) is 13.8 Å². The SMILES string of the molecule is Cc1ccc(S(=O)(=O)NCc2ccccc2)cc1C(=O)Nc1ccc(N2CCN(C)CC2)c(C)c1. The van der Waals surface area contributed by atoms with Crippen molar-refractivity contribution in [2.45, 2.75) is 25.3 Å². The Bertz CT molecular complexity index is 1300. The van der Waals surface area contributed by atoms with Gasteiger partial charge in [-0.2, -0.15) is 0 Å². The molecule has 0 aromatic heterocycles. The number of likely N-dealkylation sites (N-methyl/N-ethyl adjacent to an activating group) is 1. The van der Waals surface area contributed by atoms with Crippen molar-refractivity contribution in [2.75, 3.05) is 43.4 Å². The summed E-state index contributed by atoms with van der Waals surface area (Å²) in [7, 11) is -1.64. The number of anilines is 2. The van der Waals surface area contributed by atoms with Gasteiger partial charge in [0, 0.05) is 49.7 Å². The first kappa shape index (κ1) is 24.9. The maximum atomic E-state index is 13.1. The van der Waals surface area contributed by atoms with Crippen LogP contribution in [0.5, 0.6) is 0 Å². The lowest BCUT2D eigenvalue weighted by Crippen LogP contribution is -2.44. The minimum Gasteiger partial charge on any atom is -0.369 e. The van der Waals surface area contributed by atoms with E-state index in [1.807, 2.05) is 55.5 Å². The van der Waals surface area contributed by atoms with Gasteiger partial charge in [0.1, 0.15) is 0 Å². The number of nitrogens with one attached hydrogen (secondary N) is 2. The minimum absolute atomic E-state index is 0.0609. The van der Waals surface area contributed by atoms with Crippen LogP contribution >= 0.6 is 0 Å². The van der Waals surface area contributed by atoms with Crippen LogP contribution in [0.1, 0.15) is 27.0 Å². The van der Waals surface area contributed by atoms with Crippen molar-refractivity contribution in [3.05, 3.63) is 89.0 Å². The lowest BCUT2D eigenvalue weighted by Gasteiger charge is -2.35. The van der Waals surface area contributed by atoms with Crippen LogP contribution in [0.2, 0.25) is 0 Å². The molecule has 1 heterocycles. The smallest absolute Gasteiger partial charge is 0.255 e. The number of carbonyl (C=O) groups excluding carboxylic acids is 1. The largest absolute Gasteiger partial charge is 0.369 e. The van der Waals surface area contributed by atoms with E-state index in [9.17, 15) is 13.2 Å². The summed E-state index contributed by atoms with van der Waals surface area (Å²) in [4.78, 5) is 17.8. The third-order valence-electron chi connectivity index (χ3n) is 6.37. The second kappa shape index (κ2) is 10.6. The van der Waals surface area contributed by atoms with Gasteiger partial charge in [0.05, 0.1) is 4.90 Å². The first-order chi connectivity index (χ1) is 16.7. The Hall–Kier alpha value is -3.20. The van der Waals surface area contributed by atoms with Gasteiger partial charge in [-0.3, -0.25) is 4.79 Å². The van der Waals surface area contributed by atoms with Crippen LogP contribution in [0.25, 0.3) is 0 Å². The predicted molar refractivity (Wildman–Crippen MR) is 140 cm³/mol. The first-order valence-corrected chi connectivity index (χ1v) is 13.2. The molecule has 1 aliphatic rings. The Labute approximate surface area is 207 Å². The molecule has 184 valence electrons. The second-order valence-corrected chi connectivity index (χ2v) is 10.8. The topological polar surface area (TPSA) is 81.7 Å². The van der Waals surface area contributed by atoms with E-state index < -0.39 is 10.0 Å². The molecule has 0 unspecified atom stereocenters. The summed E-state index contributed by atoms with van der Waals surface area (Å²) in [5, 5.41) is 2.93. The van der Waals surface area contributed by atoms with E-state index in [4.69, 9.17) is 0 Å². The van der Waals surface area contributed by atoms with Crippen molar-refractivity contribution in [2.24, 2.45) is 0 Å². The Kier molecular flexibility index (Phi) is 7.54. The number of benzene rings is 3. The molecule has 1 amide bonds. The van der Waals surface area contributed by atoms with E-state index in [0.29, 0.717) is 16.8 Å². The van der Waals surface area contributed by atoms with Gasteiger partial charge in [0.25, 0.3) is 5.91 Å². The number of hydrogen-bond donors (Lipinski definition) is 2. The Morgan fingerprint density at radius 2 is 1.60 bits per heavy atom. The number of amides is 1. The molecule has 0 atom stereocenters. The van der Waals surface area contributed by atoms with Crippen LogP contribution in [0.15, 0.2) is 71.6 Å². The second-order valence-electron chi connectivity index (χ2n) is 9.03. The fourth-order valence-electron chi connectivity index (χ4n) is 4.20. The summed E-state index contributed by atoms with van der Waals surface area (Å²) in [5.41, 5.74) is 4.83. The summed E-state index contributed by atoms with van der Waals surface area (Å²) in [6, 6.07) is 19.8. The van der Waals surface area contributed by atoms with Crippen LogP contribution in [-0.2, 0) is 16.6 Å². The fourth-order valence-corrected chi connectivity index (χ4v) is 5.25. The summed E-state index contributed by atoms with van der Waals surface area (Å²) in [6.45, 7) is 8.01. The van der Waals surface area contributed by atoms with Crippen LogP contribution in [0.3, 0.4) is 0 Å². The number of carbonyl (C=O) groups is 1. The minimum atomic E-state index is -3.77. The summed E-state index contributed by atoms with van der Waals surface area (Å²) in [6.07, 6.45) is 0. The van der Waals surface area contributed by atoms with Crippen molar-refractivity contribution >= 4 is 27.3 Å². The lowest BCUT2D eigenvalue weighted by molar-refractivity contribution is 0.102. The molecule has 1 saturated heterocycles. The number of aryl methyl sites for hydroxylation is 2. The zero-order valence-electron chi connectivity index (χ0n) is 20.4. The molecule has 0 aliphatic carbocycles. The molecule has 8 heteroatoms. The average Bonchev–Trinajstić information content (AvgIpc) is 2.84. The highest BCUT2D eigenvalue weighted by Gasteiger charge is 2.19. The number of rotatable bonds is 7. The molecule has 0 spiro atoms. The molecular weight excluding hydrogens is 460 g/mol. The molecule has 1 fully saturated rings. The van der Waals surface area contributed by atoms with E-state index >= 15 is 0 Å². The molecule has 0 saturated carbocycles. The molecule has 4 rings (SSSR count). The molecular formula is C27H32N4O3S. The average molecular weight is 493 g/mol. The number of hydrogen-bond acceptors (Lipinski definition) is 5. The van der Waals surface area contributed by atoms with Crippen molar-refractivity contribution in [1.82, 2.24) is 9.62 Å². The molecule has 3 aromatic carbocycles. The van der Waals surface area contributed by atoms with Crippen molar-refractivity contribution < 1.29 is 13.2 Å². The standard InChI is InChI=1S/C27H32N4O3S/c1-20-9-11-24(35(33,34)28-19-22-7-5-4-6-8-22)18-25(20)27(32)29-23-10-12-26(21(2)17-23)31-15-13-30(3)14-16-31/h4-12,17-18,28H,13-16,19H2,1-3H3,(H,29,32). The molecule has 1 aliphatic heterocycles. The van der Waals surface area contributed by atoms with E-state index in [2.05, 4.69) is 26.9 Å². The number of piperazine rings is 1. The predicted octanol–water partition coefficient (Wildman–Crippen LogP) is 3.79. The summed E-state index contributed by atoms with van der Waals surface area (Å²) in [5.74, 6) is -0.339. The molecule has 0 radical (unpaired) electrons. The first-order valence-electron chi connectivity index (χ1n) is 11.7. The number of nitrogens with zero attached hydrogens (tertiary/aromatic N) is 2. The van der Waals surface area contributed by atoms with E-state index in [1.165, 1.54) is 17.8 Å². The lowest BCUT2D eigenvalue weighted by atomic mass is 10.1. The van der Waals surface area contributed by atoms with Gasteiger partial charge in [0.2, 0.25) is 10.0 Å². The Balaban J connectivity index is 1.47. The van der Waals surface area contributed by atoms with Crippen molar-refractivity contribution in [3.8, 4) is 0 Å². The van der Waals surface area contributed by atoms with Crippen LogP contribution < -0.4 is 14.9 Å². The molecule has 0 bridgehead atoms. The zero-order chi connectivity index (χ0) is 25.0. The maximum Gasteiger partial charge on any atom is 0.255 e. The third-order valence-corrected chi connectivity index (χ3v) is 7.77. The summed E-state index contributed by atoms with van der Waals surface area (Å²) < 4.78 is 28.3. The van der Waals surface area contributed by atoms with Gasteiger partial charge >= 0.3 is 0 Å². The number of sulfonamides is 1.